The molecule has 2 aliphatic rings. The van der Waals surface area contributed by atoms with E-state index in [-0.39, 0.29) is 18.4 Å². The van der Waals surface area contributed by atoms with E-state index in [2.05, 4.69) is 0 Å². The van der Waals surface area contributed by atoms with Gasteiger partial charge in [0.15, 0.2) is 0 Å². The Morgan fingerprint density at radius 2 is 2.10 bits per heavy atom. The average Bonchev–Trinajstić information content (AvgIpc) is 3.28. The molecule has 4 heteroatoms. The van der Waals surface area contributed by atoms with E-state index in [9.17, 15) is 9.90 Å². The molecule has 0 spiro atoms. The van der Waals surface area contributed by atoms with E-state index in [1.165, 1.54) is 0 Å². The zero-order chi connectivity index (χ0) is 14.9. The van der Waals surface area contributed by atoms with Crippen molar-refractivity contribution in [3.8, 4) is 0 Å². The van der Waals surface area contributed by atoms with Crippen LogP contribution in [0, 0.1) is 11.8 Å². The second kappa shape index (κ2) is 5.78. The van der Waals surface area contributed by atoms with E-state index in [0.29, 0.717) is 25.6 Å². The third kappa shape index (κ3) is 3.11. The maximum atomic E-state index is 12.2. The Balaban J connectivity index is 1.48. The molecular weight excluding hydrogens is 266 g/mol. The molecule has 0 aromatic heterocycles. The second-order valence-corrected chi connectivity index (χ2v) is 6.42. The number of likely N-dealkylation sites (tertiary alicyclic amines) is 1. The number of rotatable bonds is 5. The Kier molecular flexibility index (Phi) is 4.00. The first-order valence-electron chi connectivity index (χ1n) is 7.71. The van der Waals surface area contributed by atoms with E-state index in [1.54, 1.807) is 4.90 Å². The minimum atomic E-state index is -0.672. The van der Waals surface area contributed by atoms with Gasteiger partial charge in [-0.05, 0) is 24.3 Å². The van der Waals surface area contributed by atoms with Crippen LogP contribution in [0.3, 0.4) is 0 Å². The number of benzene rings is 1. The Morgan fingerprint density at radius 1 is 1.38 bits per heavy atom. The summed E-state index contributed by atoms with van der Waals surface area (Å²) in [4.78, 5) is 14.0. The molecule has 1 aromatic carbocycles. The number of hydrogen-bond donors (Lipinski definition) is 1. The van der Waals surface area contributed by atoms with Crippen molar-refractivity contribution >= 4 is 5.91 Å². The highest BCUT2D eigenvalue weighted by Crippen LogP contribution is 2.46. The van der Waals surface area contributed by atoms with Crippen LogP contribution in [0.25, 0.3) is 0 Å². The Morgan fingerprint density at radius 3 is 2.76 bits per heavy atom. The van der Waals surface area contributed by atoms with Crippen molar-refractivity contribution < 1.29 is 14.6 Å². The van der Waals surface area contributed by atoms with Crippen LogP contribution < -0.4 is 0 Å². The van der Waals surface area contributed by atoms with Gasteiger partial charge in [0.2, 0.25) is 5.91 Å². The van der Waals surface area contributed by atoms with Gasteiger partial charge in [0.05, 0.1) is 18.8 Å². The van der Waals surface area contributed by atoms with Gasteiger partial charge >= 0.3 is 0 Å². The third-order valence-corrected chi connectivity index (χ3v) is 4.77. The van der Waals surface area contributed by atoms with Crippen molar-refractivity contribution in [2.45, 2.75) is 32.0 Å². The summed E-state index contributed by atoms with van der Waals surface area (Å²) in [5.41, 5.74) is 0.393. The van der Waals surface area contributed by atoms with Gasteiger partial charge in [0.25, 0.3) is 0 Å². The average molecular weight is 289 g/mol. The van der Waals surface area contributed by atoms with Crippen molar-refractivity contribution in [1.29, 1.82) is 0 Å². The molecule has 1 saturated heterocycles. The van der Waals surface area contributed by atoms with Gasteiger partial charge in [-0.15, -0.1) is 0 Å². The first-order chi connectivity index (χ1) is 10.1. The summed E-state index contributed by atoms with van der Waals surface area (Å²) in [6, 6.07) is 9.83. The Hall–Kier alpha value is -1.39. The van der Waals surface area contributed by atoms with Gasteiger partial charge in [-0.2, -0.15) is 0 Å². The van der Waals surface area contributed by atoms with Gasteiger partial charge in [0.1, 0.15) is 6.61 Å². The van der Waals surface area contributed by atoms with Crippen LogP contribution in [-0.4, -0.2) is 41.2 Å². The molecule has 1 N–H and O–H groups in total. The van der Waals surface area contributed by atoms with Crippen LogP contribution in [0.15, 0.2) is 30.3 Å². The third-order valence-electron chi connectivity index (χ3n) is 4.77. The zero-order valence-corrected chi connectivity index (χ0v) is 12.5. The molecule has 2 fully saturated rings. The van der Waals surface area contributed by atoms with Gasteiger partial charge in [-0.3, -0.25) is 4.79 Å². The lowest BCUT2D eigenvalue weighted by atomic mass is 9.88. The van der Waals surface area contributed by atoms with Crippen molar-refractivity contribution in [2.24, 2.45) is 11.8 Å². The lowest BCUT2D eigenvalue weighted by molar-refractivity contribution is -0.136. The summed E-state index contributed by atoms with van der Waals surface area (Å²) < 4.78 is 5.50. The fourth-order valence-electron chi connectivity index (χ4n) is 3.24. The summed E-state index contributed by atoms with van der Waals surface area (Å²) in [5.74, 6) is 0.521. The molecule has 3 rings (SSSR count). The van der Waals surface area contributed by atoms with E-state index in [0.717, 1.165) is 18.4 Å². The molecule has 114 valence electrons. The molecule has 21 heavy (non-hydrogen) atoms. The number of ether oxygens (including phenoxy) is 1. The van der Waals surface area contributed by atoms with Gasteiger partial charge < -0.3 is 14.7 Å². The van der Waals surface area contributed by atoms with Crippen LogP contribution >= 0.6 is 0 Å². The molecule has 0 unspecified atom stereocenters. The van der Waals surface area contributed by atoms with Gasteiger partial charge in [-0.1, -0.05) is 37.3 Å². The van der Waals surface area contributed by atoms with Gasteiger partial charge in [-0.25, -0.2) is 0 Å². The summed E-state index contributed by atoms with van der Waals surface area (Å²) >= 11 is 0. The summed E-state index contributed by atoms with van der Waals surface area (Å²) in [6.45, 7) is 3.68. The monoisotopic (exact) mass is 289 g/mol. The van der Waals surface area contributed by atoms with Crippen LogP contribution in [-0.2, 0) is 16.1 Å². The maximum absolute atomic E-state index is 12.2. The minimum absolute atomic E-state index is 0.0191. The first kappa shape index (κ1) is 14.5. The van der Waals surface area contributed by atoms with Gasteiger partial charge in [0, 0.05) is 12.5 Å². The van der Waals surface area contributed by atoms with E-state index >= 15 is 0 Å². The lowest BCUT2D eigenvalue weighted by Crippen LogP contribution is -2.41. The lowest BCUT2D eigenvalue weighted by Gasteiger charge is -2.26. The molecule has 2 atom stereocenters. The largest absolute Gasteiger partial charge is 0.387 e. The highest BCUT2D eigenvalue weighted by atomic mass is 16.5. The molecule has 1 aliphatic carbocycles. The van der Waals surface area contributed by atoms with Crippen LogP contribution in [0.4, 0.5) is 0 Å². The number of amides is 1. The molecular formula is C17H23NO3. The molecule has 1 amide bonds. The predicted octanol–water partition coefficient (Wildman–Crippen LogP) is 1.82. The molecule has 0 radical (unpaired) electrons. The summed E-state index contributed by atoms with van der Waals surface area (Å²) in [5, 5.41) is 10.7. The Labute approximate surface area is 125 Å². The van der Waals surface area contributed by atoms with E-state index < -0.39 is 5.60 Å². The van der Waals surface area contributed by atoms with E-state index in [4.69, 9.17) is 4.74 Å². The number of carbonyl (C=O) groups is 1. The first-order valence-corrected chi connectivity index (χ1v) is 7.71. The maximum Gasteiger partial charge on any atom is 0.248 e. The minimum Gasteiger partial charge on any atom is -0.387 e. The Bertz CT molecular complexity index is 500. The fourth-order valence-corrected chi connectivity index (χ4v) is 3.24. The van der Waals surface area contributed by atoms with Crippen molar-refractivity contribution in [3.63, 3.8) is 0 Å². The number of β-amino-alcohol motifs (C(OH)–C–C–N with tert-alkyl or cyclic N) is 1. The summed E-state index contributed by atoms with van der Waals surface area (Å²) in [7, 11) is 0. The molecule has 0 bridgehead atoms. The van der Waals surface area contributed by atoms with Crippen molar-refractivity contribution in [3.05, 3.63) is 35.9 Å². The number of carbonyl (C=O) groups excluding carboxylic acids is 1. The number of aliphatic hydroxyl groups is 1. The van der Waals surface area contributed by atoms with Crippen molar-refractivity contribution in [1.82, 2.24) is 4.90 Å². The topological polar surface area (TPSA) is 49.8 Å². The molecule has 1 heterocycles. The molecule has 4 nitrogen and oxygen atoms in total. The van der Waals surface area contributed by atoms with Crippen LogP contribution in [0.5, 0.6) is 0 Å². The smallest absolute Gasteiger partial charge is 0.248 e. The van der Waals surface area contributed by atoms with Crippen LogP contribution in [0.2, 0.25) is 0 Å². The number of nitrogens with zero attached hydrogens (tertiary/aromatic N) is 1. The van der Waals surface area contributed by atoms with Crippen LogP contribution in [0.1, 0.15) is 25.3 Å². The molecule has 1 saturated carbocycles. The molecule has 1 aliphatic heterocycles. The molecule has 1 aromatic rings. The standard InChI is InChI=1S/C17H23NO3/c1-13-9-18(12-17(13,20)15-7-8-15)16(19)11-21-10-14-5-3-2-4-6-14/h2-6,13,15,20H,7-12H2,1H3/t13-,17+/m1/s1. The fraction of sp³-hybridized carbons (Fsp3) is 0.588. The van der Waals surface area contributed by atoms with Crippen molar-refractivity contribution in [2.75, 3.05) is 19.7 Å². The predicted molar refractivity (Wildman–Crippen MR) is 79.5 cm³/mol. The second-order valence-electron chi connectivity index (χ2n) is 6.42. The number of hydrogen-bond acceptors (Lipinski definition) is 3. The summed E-state index contributed by atoms with van der Waals surface area (Å²) in [6.07, 6.45) is 2.18. The SMILES string of the molecule is C[C@@H]1CN(C(=O)COCc2ccccc2)C[C@@]1(O)C1CC1. The highest BCUT2D eigenvalue weighted by Gasteiger charge is 2.53. The van der Waals surface area contributed by atoms with E-state index in [1.807, 2.05) is 37.3 Å². The highest BCUT2D eigenvalue weighted by molar-refractivity contribution is 5.78. The zero-order valence-electron chi connectivity index (χ0n) is 12.5. The normalized spacial score (nSPS) is 28.9. The quantitative estimate of drug-likeness (QED) is 0.899.